The van der Waals surface area contributed by atoms with Crippen molar-refractivity contribution in [3.63, 3.8) is 0 Å². The van der Waals surface area contributed by atoms with Gasteiger partial charge in [0.1, 0.15) is 5.82 Å². The van der Waals surface area contributed by atoms with Gasteiger partial charge in [-0.25, -0.2) is 14.1 Å². The quantitative estimate of drug-likeness (QED) is 0.819. The van der Waals surface area contributed by atoms with Crippen LogP contribution in [0.4, 0.5) is 8.78 Å². The Morgan fingerprint density at radius 1 is 1.41 bits per heavy atom. The zero-order valence-corrected chi connectivity index (χ0v) is 13.2. The van der Waals surface area contributed by atoms with Crippen LogP contribution in [-0.4, -0.2) is 18.3 Å². The summed E-state index contributed by atoms with van der Waals surface area (Å²) < 4.78 is 33.3. The third kappa shape index (κ3) is 3.02. The third-order valence-corrected chi connectivity index (χ3v) is 3.89. The van der Waals surface area contributed by atoms with Gasteiger partial charge in [-0.3, -0.25) is 0 Å². The van der Waals surface area contributed by atoms with Crippen LogP contribution in [0.1, 0.15) is 11.1 Å². The lowest BCUT2D eigenvalue weighted by Gasteiger charge is -2.28. The van der Waals surface area contributed by atoms with Gasteiger partial charge in [0.25, 0.3) is 0 Å². The second-order valence-electron chi connectivity index (χ2n) is 5.02. The van der Waals surface area contributed by atoms with Crippen molar-refractivity contribution >= 4 is 29.7 Å². The molecule has 0 fully saturated rings. The molecule has 1 radical (unpaired) electrons. The SMILES string of the molecule is Cl.NCCc1c(F)cc(F)c2c1C[C@@H](C1=C[N]C(=S)N1)CO2. The molecule has 0 saturated heterocycles. The van der Waals surface area contributed by atoms with Crippen molar-refractivity contribution in [1.29, 1.82) is 0 Å². The summed E-state index contributed by atoms with van der Waals surface area (Å²) in [6.07, 6.45) is 2.45. The monoisotopic (exact) mass is 346 g/mol. The van der Waals surface area contributed by atoms with Crippen molar-refractivity contribution in [1.82, 2.24) is 10.6 Å². The summed E-state index contributed by atoms with van der Waals surface area (Å²) in [7, 11) is 0. The van der Waals surface area contributed by atoms with E-state index in [1.807, 2.05) is 0 Å². The van der Waals surface area contributed by atoms with Gasteiger partial charge in [0.15, 0.2) is 16.7 Å². The zero-order chi connectivity index (χ0) is 15.0. The molecule has 3 N–H and O–H groups in total. The fraction of sp³-hybridized carbons (Fsp3) is 0.357. The maximum Gasteiger partial charge on any atom is 0.197 e. The highest BCUT2D eigenvalue weighted by atomic mass is 35.5. The van der Waals surface area contributed by atoms with Gasteiger partial charge >= 0.3 is 0 Å². The van der Waals surface area contributed by atoms with E-state index < -0.39 is 11.6 Å². The van der Waals surface area contributed by atoms with Gasteiger partial charge in [-0.2, -0.15) is 0 Å². The van der Waals surface area contributed by atoms with Crippen LogP contribution in [0.2, 0.25) is 0 Å². The average Bonchev–Trinajstić information content (AvgIpc) is 2.89. The van der Waals surface area contributed by atoms with Gasteiger partial charge in [0.05, 0.1) is 6.61 Å². The molecule has 0 aliphatic carbocycles. The van der Waals surface area contributed by atoms with E-state index in [0.29, 0.717) is 42.2 Å². The predicted octanol–water partition coefficient (Wildman–Crippen LogP) is 1.77. The third-order valence-electron chi connectivity index (χ3n) is 3.68. The zero-order valence-electron chi connectivity index (χ0n) is 11.6. The highest BCUT2D eigenvalue weighted by Crippen LogP contribution is 2.36. The molecule has 3 rings (SSSR count). The molecule has 0 amide bonds. The van der Waals surface area contributed by atoms with Crippen LogP contribution in [-0.2, 0) is 12.8 Å². The fourth-order valence-electron chi connectivity index (χ4n) is 2.69. The molecule has 0 spiro atoms. The molecule has 22 heavy (non-hydrogen) atoms. The van der Waals surface area contributed by atoms with Crippen molar-refractivity contribution in [2.24, 2.45) is 11.7 Å². The second kappa shape index (κ2) is 6.76. The van der Waals surface area contributed by atoms with Crippen LogP contribution in [0.3, 0.4) is 0 Å². The minimum Gasteiger partial charge on any atom is -0.490 e. The number of rotatable bonds is 3. The highest BCUT2D eigenvalue weighted by molar-refractivity contribution is 7.80. The summed E-state index contributed by atoms with van der Waals surface area (Å²) >= 11 is 4.95. The fourth-order valence-corrected chi connectivity index (χ4v) is 2.86. The molecule has 2 aliphatic rings. The summed E-state index contributed by atoms with van der Waals surface area (Å²) in [5, 5.41) is 7.34. The molecule has 2 heterocycles. The van der Waals surface area contributed by atoms with E-state index in [1.54, 1.807) is 6.20 Å². The van der Waals surface area contributed by atoms with Crippen LogP contribution in [0.15, 0.2) is 18.0 Å². The van der Waals surface area contributed by atoms with E-state index in [-0.39, 0.29) is 24.1 Å². The summed E-state index contributed by atoms with van der Waals surface area (Å²) in [5.74, 6) is -1.17. The predicted molar refractivity (Wildman–Crippen MR) is 85.0 cm³/mol. The maximum absolute atomic E-state index is 14.0. The first kappa shape index (κ1) is 16.9. The van der Waals surface area contributed by atoms with Crippen LogP contribution < -0.4 is 21.1 Å². The Hall–Kier alpha value is -1.44. The molecular formula is C14H15ClF2N3OS. The van der Waals surface area contributed by atoms with Crippen molar-refractivity contribution in [2.45, 2.75) is 12.8 Å². The summed E-state index contributed by atoms with van der Waals surface area (Å²) in [6, 6.07) is 0.863. The van der Waals surface area contributed by atoms with Gasteiger partial charge < -0.3 is 15.8 Å². The van der Waals surface area contributed by atoms with Gasteiger partial charge in [0.2, 0.25) is 0 Å². The molecule has 1 aromatic carbocycles. The number of halogens is 3. The number of hydrogen-bond donors (Lipinski definition) is 2. The van der Waals surface area contributed by atoms with E-state index in [0.717, 1.165) is 11.8 Å². The molecular weight excluding hydrogens is 332 g/mol. The van der Waals surface area contributed by atoms with Gasteiger partial charge in [-0.1, -0.05) is 0 Å². The highest BCUT2D eigenvalue weighted by Gasteiger charge is 2.30. The molecule has 0 bridgehead atoms. The Bertz CT molecular complexity index is 639. The topological polar surface area (TPSA) is 61.4 Å². The molecule has 0 aromatic heterocycles. The first-order valence-electron chi connectivity index (χ1n) is 6.64. The molecule has 0 unspecified atom stereocenters. The van der Waals surface area contributed by atoms with Gasteiger partial charge in [0, 0.05) is 29.4 Å². The minimum absolute atomic E-state index is 0. The standard InChI is InChI=1S/C14H14F2N3OS.ClH/c15-10-4-11(16)13-9(8(10)1-2-17)3-7(6-20-13)12-5-18-14(21)19-12;/h4-5,7H,1-3,6,17H2,(H,19,21);1H/t7-;/m1./s1. The van der Waals surface area contributed by atoms with Crippen LogP contribution in [0.25, 0.3) is 0 Å². The van der Waals surface area contributed by atoms with Gasteiger partial charge in [-0.15, -0.1) is 12.4 Å². The number of ether oxygens (including phenoxy) is 1. The normalized spacial score (nSPS) is 19.3. The Morgan fingerprint density at radius 3 is 2.82 bits per heavy atom. The molecule has 4 nitrogen and oxygen atoms in total. The van der Waals surface area contributed by atoms with E-state index in [2.05, 4.69) is 10.6 Å². The molecule has 2 aliphatic heterocycles. The lowest BCUT2D eigenvalue weighted by Crippen LogP contribution is -2.30. The smallest absolute Gasteiger partial charge is 0.197 e. The number of hydrogen-bond acceptors (Lipinski definition) is 3. The summed E-state index contributed by atoms with van der Waals surface area (Å²) in [5.41, 5.74) is 7.31. The average molecular weight is 347 g/mol. The van der Waals surface area contributed by atoms with E-state index >= 15 is 0 Å². The van der Waals surface area contributed by atoms with E-state index in [4.69, 9.17) is 22.7 Å². The van der Waals surface area contributed by atoms with Gasteiger partial charge in [-0.05, 0) is 37.2 Å². The molecule has 119 valence electrons. The van der Waals surface area contributed by atoms with Crippen LogP contribution >= 0.6 is 24.6 Å². The van der Waals surface area contributed by atoms with Crippen molar-refractivity contribution in [3.05, 3.63) is 40.7 Å². The molecule has 8 heteroatoms. The van der Waals surface area contributed by atoms with Crippen molar-refractivity contribution in [2.75, 3.05) is 13.2 Å². The lowest BCUT2D eigenvalue weighted by molar-refractivity contribution is 0.227. The number of nitrogens with one attached hydrogen (secondary N) is 1. The number of fused-ring (bicyclic) bond motifs is 1. The molecule has 0 saturated carbocycles. The second-order valence-corrected chi connectivity index (χ2v) is 5.41. The van der Waals surface area contributed by atoms with E-state index in [1.165, 1.54) is 0 Å². The van der Waals surface area contributed by atoms with Crippen LogP contribution in [0, 0.1) is 17.6 Å². The van der Waals surface area contributed by atoms with E-state index in [9.17, 15) is 8.78 Å². The Morgan fingerprint density at radius 2 is 2.18 bits per heavy atom. The van der Waals surface area contributed by atoms with Crippen molar-refractivity contribution in [3.8, 4) is 5.75 Å². The minimum atomic E-state index is -0.671. The molecule has 1 aromatic rings. The summed E-state index contributed by atoms with van der Waals surface area (Å²) in [6.45, 7) is 0.592. The number of nitrogens with zero attached hydrogens (tertiary/aromatic N) is 1. The van der Waals surface area contributed by atoms with Crippen molar-refractivity contribution < 1.29 is 13.5 Å². The number of benzene rings is 1. The Labute approximate surface area is 138 Å². The number of nitrogens with two attached hydrogens (primary N) is 1. The molecule has 1 atom stereocenters. The Balaban J connectivity index is 0.00000176. The maximum atomic E-state index is 14.0. The lowest BCUT2D eigenvalue weighted by atomic mass is 9.89. The Kier molecular flexibility index (Phi) is 5.20. The first-order chi connectivity index (χ1) is 10.1. The number of thiocarbonyl (C=S) groups is 1. The van der Waals surface area contributed by atoms with Crippen LogP contribution in [0.5, 0.6) is 5.75 Å². The summed E-state index contributed by atoms with van der Waals surface area (Å²) in [4.78, 5) is 0. The largest absolute Gasteiger partial charge is 0.490 e. The first-order valence-corrected chi connectivity index (χ1v) is 7.05.